The van der Waals surface area contributed by atoms with Crippen LogP contribution in [0.1, 0.15) is 25.3 Å². The van der Waals surface area contributed by atoms with Gasteiger partial charge in [0.15, 0.2) is 18.1 Å². The van der Waals surface area contributed by atoms with Gasteiger partial charge in [-0.1, -0.05) is 18.2 Å². The summed E-state index contributed by atoms with van der Waals surface area (Å²) in [5.41, 5.74) is 3.47. The molecule has 1 atom stereocenters. The number of nitrogens with one attached hydrogen (secondary N) is 3. The summed E-state index contributed by atoms with van der Waals surface area (Å²) in [6.07, 6.45) is 3.13. The molecule has 10 nitrogen and oxygen atoms in total. The fraction of sp³-hybridized carbons (Fsp3) is 0.333. The topological polar surface area (TPSA) is 127 Å². The van der Waals surface area contributed by atoms with E-state index in [0.29, 0.717) is 42.5 Å². The Hall–Kier alpha value is -3.92. The summed E-state index contributed by atoms with van der Waals surface area (Å²) in [5, 5.41) is 9.08. The number of carbonyl (C=O) groups excluding carboxylic acids is 3. The van der Waals surface area contributed by atoms with Crippen LogP contribution in [-0.2, 0) is 19.1 Å². The number of rotatable bonds is 10. The van der Waals surface area contributed by atoms with Gasteiger partial charge in [0, 0.05) is 18.8 Å². The molecule has 0 aromatic heterocycles. The van der Waals surface area contributed by atoms with E-state index < -0.39 is 11.8 Å². The highest BCUT2D eigenvalue weighted by molar-refractivity contribution is 6.35. The Morgan fingerprint density at radius 3 is 2.65 bits per heavy atom. The lowest BCUT2D eigenvalue weighted by Crippen LogP contribution is -2.41. The molecule has 34 heavy (non-hydrogen) atoms. The van der Waals surface area contributed by atoms with Crippen LogP contribution in [0.25, 0.3) is 0 Å². The SMILES string of the molecule is CCOc1cc(/C=N\NC(=O)C(=O)NC[C@H]2CCCO2)ccc1OCC(=O)Nc1ccccc1. The number of hydrogen-bond donors (Lipinski definition) is 3. The van der Waals surface area contributed by atoms with Crippen LogP contribution in [-0.4, -0.2) is 56.4 Å². The van der Waals surface area contributed by atoms with Crippen LogP contribution >= 0.6 is 0 Å². The molecule has 0 saturated carbocycles. The lowest BCUT2D eigenvalue weighted by molar-refractivity contribution is -0.139. The Labute approximate surface area is 197 Å². The Morgan fingerprint density at radius 1 is 1.09 bits per heavy atom. The van der Waals surface area contributed by atoms with E-state index in [1.165, 1.54) is 6.21 Å². The minimum Gasteiger partial charge on any atom is -0.490 e. The number of para-hydroxylation sites is 1. The number of anilines is 1. The van der Waals surface area contributed by atoms with Gasteiger partial charge < -0.3 is 24.8 Å². The zero-order chi connectivity index (χ0) is 24.2. The van der Waals surface area contributed by atoms with Crippen LogP contribution in [0.15, 0.2) is 53.6 Å². The molecule has 0 radical (unpaired) electrons. The van der Waals surface area contributed by atoms with E-state index in [4.69, 9.17) is 14.2 Å². The number of hydrazone groups is 1. The second kappa shape index (κ2) is 12.9. The zero-order valence-corrected chi connectivity index (χ0v) is 18.9. The summed E-state index contributed by atoms with van der Waals surface area (Å²) >= 11 is 0. The van der Waals surface area contributed by atoms with Crippen LogP contribution < -0.4 is 25.5 Å². The van der Waals surface area contributed by atoms with Gasteiger partial charge in [-0.3, -0.25) is 14.4 Å². The van der Waals surface area contributed by atoms with Gasteiger partial charge in [-0.15, -0.1) is 0 Å². The van der Waals surface area contributed by atoms with Crippen molar-refractivity contribution in [1.82, 2.24) is 10.7 Å². The fourth-order valence-electron chi connectivity index (χ4n) is 3.16. The van der Waals surface area contributed by atoms with Crippen LogP contribution in [0.4, 0.5) is 5.69 Å². The number of benzene rings is 2. The predicted molar refractivity (Wildman–Crippen MR) is 126 cm³/mol. The van der Waals surface area contributed by atoms with Crippen molar-refractivity contribution in [2.24, 2.45) is 5.10 Å². The molecule has 0 aliphatic carbocycles. The van der Waals surface area contributed by atoms with Crippen molar-refractivity contribution in [3.8, 4) is 11.5 Å². The minimum absolute atomic E-state index is 0.0533. The third kappa shape index (κ3) is 7.89. The van der Waals surface area contributed by atoms with Gasteiger partial charge in [0.2, 0.25) is 0 Å². The smallest absolute Gasteiger partial charge is 0.329 e. The standard InChI is InChI=1S/C24H28N4O6/c1-2-32-21-13-17(14-26-28-24(31)23(30)25-15-19-9-6-12-33-19)10-11-20(21)34-16-22(29)27-18-7-4-3-5-8-18/h3-5,7-8,10-11,13-14,19H,2,6,9,12,15-16H2,1H3,(H,25,30)(H,27,29)(H,28,31)/b26-14-/t19-/m1/s1. The summed E-state index contributed by atoms with van der Waals surface area (Å²) in [4.78, 5) is 35.9. The van der Waals surface area contributed by atoms with E-state index >= 15 is 0 Å². The lowest BCUT2D eigenvalue weighted by atomic mass is 10.2. The highest BCUT2D eigenvalue weighted by Crippen LogP contribution is 2.28. The Bertz CT molecular complexity index is 1010. The summed E-state index contributed by atoms with van der Waals surface area (Å²) in [6.45, 7) is 2.97. The molecule has 0 bridgehead atoms. The Kier molecular flexibility index (Phi) is 9.41. The molecular weight excluding hydrogens is 440 g/mol. The number of amides is 3. The number of nitrogens with zero attached hydrogens (tertiary/aromatic N) is 1. The first-order valence-corrected chi connectivity index (χ1v) is 11.0. The molecule has 2 aromatic rings. The van der Waals surface area contributed by atoms with Crippen molar-refractivity contribution in [1.29, 1.82) is 0 Å². The number of carbonyl (C=O) groups is 3. The van der Waals surface area contributed by atoms with Crippen LogP contribution in [0.2, 0.25) is 0 Å². The molecule has 10 heteroatoms. The van der Waals surface area contributed by atoms with E-state index in [1.54, 1.807) is 30.3 Å². The third-order valence-corrected chi connectivity index (χ3v) is 4.78. The number of hydrogen-bond acceptors (Lipinski definition) is 7. The summed E-state index contributed by atoms with van der Waals surface area (Å²) in [7, 11) is 0. The molecule has 3 rings (SSSR count). The van der Waals surface area contributed by atoms with Gasteiger partial charge in [-0.05, 0) is 55.7 Å². The minimum atomic E-state index is -0.872. The first-order chi connectivity index (χ1) is 16.5. The molecule has 0 spiro atoms. The molecule has 3 N–H and O–H groups in total. The highest BCUT2D eigenvalue weighted by Gasteiger charge is 2.19. The lowest BCUT2D eigenvalue weighted by Gasteiger charge is -2.12. The zero-order valence-electron chi connectivity index (χ0n) is 18.9. The van der Waals surface area contributed by atoms with E-state index in [0.717, 1.165) is 12.8 Å². The van der Waals surface area contributed by atoms with Crippen molar-refractivity contribution in [2.45, 2.75) is 25.9 Å². The van der Waals surface area contributed by atoms with Gasteiger partial charge in [-0.25, -0.2) is 5.43 Å². The monoisotopic (exact) mass is 468 g/mol. The van der Waals surface area contributed by atoms with Gasteiger partial charge in [0.1, 0.15) is 0 Å². The van der Waals surface area contributed by atoms with Crippen molar-refractivity contribution in [3.05, 3.63) is 54.1 Å². The first-order valence-electron chi connectivity index (χ1n) is 11.0. The van der Waals surface area contributed by atoms with E-state index in [9.17, 15) is 14.4 Å². The maximum absolute atomic E-state index is 12.1. The third-order valence-electron chi connectivity index (χ3n) is 4.78. The van der Waals surface area contributed by atoms with Crippen molar-refractivity contribution in [2.75, 3.05) is 31.7 Å². The Morgan fingerprint density at radius 2 is 1.91 bits per heavy atom. The predicted octanol–water partition coefficient (Wildman–Crippen LogP) is 1.85. The van der Waals surface area contributed by atoms with Crippen molar-refractivity contribution < 1.29 is 28.6 Å². The highest BCUT2D eigenvalue weighted by atomic mass is 16.5. The summed E-state index contributed by atoms with van der Waals surface area (Å²) in [6, 6.07) is 14.0. The van der Waals surface area contributed by atoms with E-state index in [-0.39, 0.29) is 18.6 Å². The van der Waals surface area contributed by atoms with E-state index in [1.807, 2.05) is 25.1 Å². The van der Waals surface area contributed by atoms with Gasteiger partial charge >= 0.3 is 11.8 Å². The number of ether oxygens (including phenoxy) is 3. The van der Waals surface area contributed by atoms with E-state index in [2.05, 4.69) is 21.2 Å². The fourth-order valence-corrected chi connectivity index (χ4v) is 3.16. The quantitative estimate of drug-likeness (QED) is 0.277. The summed E-state index contributed by atoms with van der Waals surface area (Å²) < 4.78 is 16.6. The molecule has 1 fully saturated rings. The van der Waals surface area contributed by atoms with Gasteiger partial charge in [-0.2, -0.15) is 5.10 Å². The average Bonchev–Trinajstić information content (AvgIpc) is 3.36. The molecule has 1 saturated heterocycles. The average molecular weight is 469 g/mol. The maximum atomic E-state index is 12.1. The molecule has 0 unspecified atom stereocenters. The van der Waals surface area contributed by atoms with Crippen LogP contribution in [0.5, 0.6) is 11.5 Å². The largest absolute Gasteiger partial charge is 0.490 e. The maximum Gasteiger partial charge on any atom is 0.329 e. The normalized spacial score (nSPS) is 15.0. The molecule has 3 amide bonds. The van der Waals surface area contributed by atoms with Crippen molar-refractivity contribution >= 4 is 29.6 Å². The van der Waals surface area contributed by atoms with Gasteiger partial charge in [0.25, 0.3) is 5.91 Å². The van der Waals surface area contributed by atoms with Crippen molar-refractivity contribution in [3.63, 3.8) is 0 Å². The second-order valence-corrected chi connectivity index (χ2v) is 7.39. The van der Waals surface area contributed by atoms with Crippen LogP contribution in [0, 0.1) is 0 Å². The molecular formula is C24H28N4O6. The molecule has 2 aromatic carbocycles. The first kappa shape index (κ1) is 24.7. The molecule has 1 aliphatic rings. The molecule has 1 aliphatic heterocycles. The second-order valence-electron chi connectivity index (χ2n) is 7.39. The van der Waals surface area contributed by atoms with Gasteiger partial charge in [0.05, 0.1) is 18.9 Å². The molecule has 1 heterocycles. The van der Waals surface area contributed by atoms with Crippen LogP contribution in [0.3, 0.4) is 0 Å². The Balaban J connectivity index is 1.50. The molecule has 180 valence electrons. The summed E-state index contributed by atoms with van der Waals surface area (Å²) in [5.74, 6) is -1.15.